The average molecular weight is 295 g/mol. The number of halogens is 1. The molecule has 1 aromatic rings. The smallest absolute Gasteiger partial charge is 0.407 e. The summed E-state index contributed by atoms with van der Waals surface area (Å²) in [6.45, 7) is 2.70. The zero-order valence-electron chi connectivity index (χ0n) is 10.8. The zero-order chi connectivity index (χ0) is 14.3. The van der Waals surface area contributed by atoms with Gasteiger partial charge in [-0.1, -0.05) is 11.6 Å². The molecule has 2 fully saturated rings. The SMILES string of the molecule is O=Cc1ccc(Cl)cc1N1CC2CN(C(=O)O)CC2C1. The molecule has 3 rings (SSSR count). The molecule has 2 heterocycles. The van der Waals surface area contributed by atoms with Crippen LogP contribution >= 0.6 is 11.6 Å². The minimum atomic E-state index is -0.845. The molecule has 2 aliphatic heterocycles. The van der Waals surface area contributed by atoms with Gasteiger partial charge in [-0.2, -0.15) is 0 Å². The normalized spacial score (nSPS) is 24.9. The van der Waals surface area contributed by atoms with Crippen molar-refractivity contribution in [3.8, 4) is 0 Å². The first kappa shape index (κ1) is 13.2. The van der Waals surface area contributed by atoms with Gasteiger partial charge in [-0.25, -0.2) is 4.79 Å². The highest BCUT2D eigenvalue weighted by atomic mass is 35.5. The lowest BCUT2D eigenvalue weighted by atomic mass is 10.0. The van der Waals surface area contributed by atoms with Gasteiger partial charge >= 0.3 is 6.09 Å². The molecule has 106 valence electrons. The number of benzene rings is 1. The molecule has 0 aliphatic carbocycles. The number of likely N-dealkylation sites (tertiary alicyclic amines) is 1. The van der Waals surface area contributed by atoms with Crippen LogP contribution in [0.1, 0.15) is 10.4 Å². The van der Waals surface area contributed by atoms with Crippen LogP contribution in [0.5, 0.6) is 0 Å². The molecular formula is C14H15ClN2O3. The van der Waals surface area contributed by atoms with Crippen molar-refractivity contribution >= 4 is 29.7 Å². The monoisotopic (exact) mass is 294 g/mol. The predicted molar refractivity (Wildman–Crippen MR) is 75.6 cm³/mol. The van der Waals surface area contributed by atoms with E-state index >= 15 is 0 Å². The summed E-state index contributed by atoms with van der Waals surface area (Å²) < 4.78 is 0. The Hall–Kier alpha value is -1.75. The third-order valence-electron chi connectivity index (χ3n) is 4.22. The Kier molecular flexibility index (Phi) is 3.30. The van der Waals surface area contributed by atoms with E-state index in [4.69, 9.17) is 16.7 Å². The van der Waals surface area contributed by atoms with Crippen LogP contribution in [-0.4, -0.2) is 48.6 Å². The summed E-state index contributed by atoms with van der Waals surface area (Å²) in [5, 5.41) is 9.62. The molecule has 0 spiro atoms. The number of carbonyl (C=O) groups excluding carboxylic acids is 1. The molecule has 2 atom stereocenters. The number of rotatable bonds is 2. The molecule has 6 heteroatoms. The van der Waals surface area contributed by atoms with Crippen molar-refractivity contribution in [3.05, 3.63) is 28.8 Å². The van der Waals surface area contributed by atoms with Gasteiger partial charge < -0.3 is 14.9 Å². The Morgan fingerprint density at radius 1 is 1.25 bits per heavy atom. The van der Waals surface area contributed by atoms with Gasteiger partial charge in [-0.15, -0.1) is 0 Å². The summed E-state index contributed by atoms with van der Waals surface area (Å²) in [6.07, 6.45) is -0.00848. The van der Waals surface area contributed by atoms with Crippen LogP contribution in [0.15, 0.2) is 18.2 Å². The second-order valence-corrected chi connectivity index (χ2v) is 5.87. The van der Waals surface area contributed by atoms with Crippen LogP contribution in [0.2, 0.25) is 5.02 Å². The van der Waals surface area contributed by atoms with Crippen LogP contribution < -0.4 is 4.90 Å². The number of hydrogen-bond acceptors (Lipinski definition) is 3. The minimum Gasteiger partial charge on any atom is -0.465 e. The zero-order valence-corrected chi connectivity index (χ0v) is 11.6. The van der Waals surface area contributed by atoms with Crippen LogP contribution in [0.25, 0.3) is 0 Å². The molecule has 2 saturated heterocycles. The van der Waals surface area contributed by atoms with E-state index in [0.29, 0.717) is 35.5 Å². The van der Waals surface area contributed by atoms with Gasteiger partial charge in [0, 0.05) is 54.3 Å². The summed E-state index contributed by atoms with van der Waals surface area (Å²) >= 11 is 6.01. The van der Waals surface area contributed by atoms with Crippen molar-refractivity contribution in [2.24, 2.45) is 11.8 Å². The highest BCUT2D eigenvalue weighted by Gasteiger charge is 2.42. The topological polar surface area (TPSA) is 60.9 Å². The maximum atomic E-state index is 11.1. The van der Waals surface area contributed by atoms with Gasteiger partial charge in [0.2, 0.25) is 0 Å². The Labute approximate surface area is 121 Å². The lowest BCUT2D eigenvalue weighted by Gasteiger charge is -2.23. The van der Waals surface area contributed by atoms with Crippen LogP contribution in [0.3, 0.4) is 0 Å². The second kappa shape index (κ2) is 4.98. The molecule has 0 bridgehead atoms. The van der Waals surface area contributed by atoms with E-state index in [-0.39, 0.29) is 0 Å². The Balaban J connectivity index is 1.78. The predicted octanol–water partition coefficient (Wildman–Crippen LogP) is 2.20. The van der Waals surface area contributed by atoms with Crippen molar-refractivity contribution in [1.29, 1.82) is 0 Å². The molecule has 1 aromatic carbocycles. The number of amides is 1. The second-order valence-electron chi connectivity index (χ2n) is 5.43. The van der Waals surface area contributed by atoms with E-state index < -0.39 is 6.09 Å². The van der Waals surface area contributed by atoms with Crippen LogP contribution in [-0.2, 0) is 0 Å². The maximum absolute atomic E-state index is 11.1. The molecular weight excluding hydrogens is 280 g/mol. The van der Waals surface area contributed by atoms with E-state index in [1.807, 2.05) is 0 Å². The van der Waals surface area contributed by atoms with E-state index in [9.17, 15) is 9.59 Å². The first-order chi connectivity index (χ1) is 9.58. The number of hydrogen-bond donors (Lipinski definition) is 1. The highest BCUT2D eigenvalue weighted by Crippen LogP contribution is 2.35. The molecule has 1 amide bonds. The van der Waals surface area contributed by atoms with Crippen LogP contribution in [0, 0.1) is 11.8 Å². The highest BCUT2D eigenvalue weighted by molar-refractivity contribution is 6.31. The molecule has 0 aromatic heterocycles. The molecule has 2 aliphatic rings. The number of anilines is 1. The van der Waals surface area contributed by atoms with Crippen LogP contribution in [0.4, 0.5) is 10.5 Å². The molecule has 1 N–H and O–H groups in total. The van der Waals surface area contributed by atoms with E-state index in [1.54, 1.807) is 18.2 Å². The molecule has 20 heavy (non-hydrogen) atoms. The Morgan fingerprint density at radius 2 is 1.90 bits per heavy atom. The fourth-order valence-corrected chi connectivity index (χ4v) is 3.40. The first-order valence-corrected chi connectivity index (χ1v) is 6.94. The van der Waals surface area contributed by atoms with Crippen molar-refractivity contribution < 1.29 is 14.7 Å². The minimum absolute atomic E-state index is 0.338. The lowest BCUT2D eigenvalue weighted by Crippen LogP contribution is -2.32. The Morgan fingerprint density at radius 3 is 2.45 bits per heavy atom. The average Bonchev–Trinajstić information content (AvgIpc) is 2.96. The van der Waals surface area contributed by atoms with Crippen molar-refractivity contribution in [1.82, 2.24) is 4.90 Å². The number of aldehydes is 1. The van der Waals surface area contributed by atoms with E-state index in [0.717, 1.165) is 25.1 Å². The molecule has 0 saturated carbocycles. The summed E-state index contributed by atoms with van der Waals surface area (Å²) in [4.78, 5) is 25.7. The fraction of sp³-hybridized carbons (Fsp3) is 0.429. The Bertz CT molecular complexity index is 549. The summed E-state index contributed by atoms with van der Waals surface area (Å²) in [7, 11) is 0. The molecule has 5 nitrogen and oxygen atoms in total. The van der Waals surface area contributed by atoms with E-state index in [2.05, 4.69) is 4.90 Å². The van der Waals surface area contributed by atoms with Gasteiger partial charge in [0.25, 0.3) is 0 Å². The van der Waals surface area contributed by atoms with E-state index in [1.165, 1.54) is 4.90 Å². The fourth-order valence-electron chi connectivity index (χ4n) is 3.24. The van der Waals surface area contributed by atoms with Gasteiger partial charge in [0.05, 0.1) is 0 Å². The van der Waals surface area contributed by atoms with Gasteiger partial charge in [0.15, 0.2) is 6.29 Å². The van der Waals surface area contributed by atoms with Gasteiger partial charge in [-0.3, -0.25) is 4.79 Å². The van der Waals surface area contributed by atoms with Crippen molar-refractivity contribution in [2.75, 3.05) is 31.1 Å². The first-order valence-electron chi connectivity index (χ1n) is 6.56. The molecule has 2 unspecified atom stereocenters. The third kappa shape index (κ3) is 2.22. The van der Waals surface area contributed by atoms with Crippen molar-refractivity contribution in [2.45, 2.75) is 0 Å². The van der Waals surface area contributed by atoms with Crippen molar-refractivity contribution in [3.63, 3.8) is 0 Å². The standard InChI is InChI=1S/C14H15ClN2O3/c15-12-2-1-9(8-18)13(3-12)16-4-10-6-17(14(19)20)7-11(10)5-16/h1-3,8,10-11H,4-7H2,(H,19,20). The quantitative estimate of drug-likeness (QED) is 0.850. The molecule has 0 radical (unpaired) electrons. The largest absolute Gasteiger partial charge is 0.465 e. The summed E-state index contributed by atoms with van der Waals surface area (Å²) in [5.74, 6) is 0.675. The number of carbonyl (C=O) groups is 2. The number of fused-ring (bicyclic) bond motifs is 1. The third-order valence-corrected chi connectivity index (χ3v) is 4.45. The van der Waals surface area contributed by atoms with Gasteiger partial charge in [-0.05, 0) is 18.2 Å². The number of carboxylic acid groups (broad SMARTS) is 1. The summed E-state index contributed by atoms with van der Waals surface area (Å²) in [5.41, 5.74) is 1.48. The lowest BCUT2D eigenvalue weighted by molar-refractivity contribution is 0.112. The maximum Gasteiger partial charge on any atom is 0.407 e. The summed E-state index contributed by atoms with van der Waals surface area (Å²) in [6, 6.07) is 5.24. The van der Waals surface area contributed by atoms with Gasteiger partial charge in [0.1, 0.15) is 0 Å². The number of nitrogens with zero attached hydrogens (tertiary/aromatic N) is 2.